The van der Waals surface area contributed by atoms with Crippen molar-refractivity contribution in [1.82, 2.24) is 4.98 Å². The molecule has 0 aliphatic carbocycles. The summed E-state index contributed by atoms with van der Waals surface area (Å²) in [4.78, 5) is 16.0. The molecule has 0 saturated heterocycles. The van der Waals surface area contributed by atoms with E-state index in [4.69, 9.17) is 35.3 Å². The van der Waals surface area contributed by atoms with Crippen LogP contribution in [-0.2, 0) is 45.6 Å². The number of thiazole rings is 1. The van der Waals surface area contributed by atoms with Gasteiger partial charge in [0.2, 0.25) is 5.13 Å². The molecular weight excluding hydrogens is 930 g/mol. The van der Waals surface area contributed by atoms with Crippen molar-refractivity contribution < 1.29 is 36.9 Å². The van der Waals surface area contributed by atoms with E-state index in [1.54, 1.807) is 37.6 Å². The zero-order valence-electron chi connectivity index (χ0n) is 38.4. The molecule has 0 atom stereocenters. The van der Waals surface area contributed by atoms with Crippen LogP contribution < -0.4 is 23.4 Å². The van der Waals surface area contributed by atoms with E-state index in [-0.39, 0.29) is 23.2 Å². The second-order valence-corrected chi connectivity index (χ2v) is 19.4. The molecule has 0 unspecified atom stereocenters. The molecule has 0 spiro atoms. The molecular formula is C55H50ClN3O8S2. The van der Waals surface area contributed by atoms with Gasteiger partial charge in [0, 0.05) is 12.5 Å². The molecule has 69 heavy (non-hydrogen) atoms. The summed E-state index contributed by atoms with van der Waals surface area (Å²) in [5, 5.41) is 7.45. The zero-order chi connectivity index (χ0) is 48.3. The van der Waals surface area contributed by atoms with E-state index in [9.17, 15) is 13.2 Å². The highest BCUT2D eigenvalue weighted by molar-refractivity contribution is 7.93. The summed E-state index contributed by atoms with van der Waals surface area (Å²) in [6.07, 6.45) is 4.64. The number of benzene rings is 7. The van der Waals surface area contributed by atoms with Crippen molar-refractivity contribution in [1.29, 1.82) is 0 Å². The molecule has 8 rings (SSSR count). The minimum absolute atomic E-state index is 0.124. The Morgan fingerprint density at radius 3 is 2.23 bits per heavy atom. The summed E-state index contributed by atoms with van der Waals surface area (Å²) in [6, 6.07) is 43.9. The summed E-state index contributed by atoms with van der Waals surface area (Å²) in [5.74, 6) is 2.03. The van der Waals surface area contributed by atoms with Crippen LogP contribution in [0.4, 0.5) is 5.13 Å². The van der Waals surface area contributed by atoms with E-state index >= 15 is 0 Å². The van der Waals surface area contributed by atoms with Gasteiger partial charge in [-0.25, -0.2) is 9.78 Å². The van der Waals surface area contributed by atoms with Gasteiger partial charge in [0.1, 0.15) is 24.7 Å². The van der Waals surface area contributed by atoms with Crippen LogP contribution in [0.1, 0.15) is 45.4 Å². The summed E-state index contributed by atoms with van der Waals surface area (Å²) >= 11 is 8.06. The lowest BCUT2D eigenvalue weighted by atomic mass is 9.98. The SMILES string of the molecule is C=CC(=O)OCCCOc1ccc2cc(COc3ccc(COc4ccc(CCc5ccc(C)cc5/C=N/N(c5nc6ccccc6s5)S(=O)(=O)c5ccc(C)cc5)cc4Cl)cc3OC)ccc2c1. The molecule has 1 aromatic heterocycles. The van der Waals surface area contributed by atoms with Crippen LogP contribution in [-0.4, -0.2) is 45.9 Å². The number of aromatic nitrogens is 1. The molecule has 0 amide bonds. The van der Waals surface area contributed by atoms with Crippen molar-refractivity contribution in [2.24, 2.45) is 5.10 Å². The molecule has 0 fully saturated rings. The topological polar surface area (TPSA) is 126 Å². The normalized spacial score (nSPS) is 11.5. The third-order valence-corrected chi connectivity index (χ3v) is 14.1. The van der Waals surface area contributed by atoms with Gasteiger partial charge in [0.25, 0.3) is 10.0 Å². The monoisotopic (exact) mass is 979 g/mol. The fourth-order valence-corrected chi connectivity index (χ4v) is 10.0. The quantitative estimate of drug-likeness (QED) is 0.0227. The van der Waals surface area contributed by atoms with Crippen molar-refractivity contribution in [3.05, 3.63) is 196 Å². The van der Waals surface area contributed by atoms with Gasteiger partial charge in [0.15, 0.2) is 11.5 Å². The fourth-order valence-electron chi connectivity index (χ4n) is 7.42. The highest BCUT2D eigenvalue weighted by Crippen LogP contribution is 2.34. The molecule has 0 radical (unpaired) electrons. The first-order chi connectivity index (χ1) is 33.4. The first-order valence-electron chi connectivity index (χ1n) is 22.2. The minimum Gasteiger partial charge on any atom is -0.493 e. The second kappa shape index (κ2) is 22.3. The number of esters is 1. The zero-order valence-corrected chi connectivity index (χ0v) is 40.8. The molecule has 0 bridgehead atoms. The number of methoxy groups -OCH3 is 1. The number of fused-ring (bicyclic) bond motifs is 2. The maximum atomic E-state index is 14.1. The van der Waals surface area contributed by atoms with Gasteiger partial charge in [-0.05, 0) is 132 Å². The molecule has 14 heteroatoms. The highest BCUT2D eigenvalue weighted by atomic mass is 35.5. The number of carbonyl (C=O) groups excluding carboxylic acids is 1. The number of ether oxygens (including phenoxy) is 5. The predicted octanol–water partition coefficient (Wildman–Crippen LogP) is 12.4. The number of hydrazone groups is 1. The number of nitrogens with zero attached hydrogens (tertiary/aromatic N) is 3. The maximum Gasteiger partial charge on any atom is 0.330 e. The van der Waals surface area contributed by atoms with E-state index in [1.165, 1.54) is 11.3 Å². The minimum atomic E-state index is -4.09. The van der Waals surface area contributed by atoms with E-state index in [0.29, 0.717) is 60.3 Å². The van der Waals surface area contributed by atoms with Crippen LogP contribution in [0.5, 0.6) is 23.0 Å². The molecule has 11 nitrogen and oxygen atoms in total. The number of hydrogen-bond acceptors (Lipinski definition) is 11. The number of rotatable bonds is 21. The number of aryl methyl sites for hydroxylation is 4. The predicted molar refractivity (Wildman–Crippen MR) is 275 cm³/mol. The van der Waals surface area contributed by atoms with Crippen molar-refractivity contribution in [2.75, 3.05) is 24.7 Å². The van der Waals surface area contributed by atoms with Gasteiger partial charge in [-0.1, -0.05) is 113 Å². The highest BCUT2D eigenvalue weighted by Gasteiger charge is 2.28. The van der Waals surface area contributed by atoms with Crippen molar-refractivity contribution in [3.8, 4) is 23.0 Å². The third-order valence-electron chi connectivity index (χ3n) is 11.1. The average molecular weight is 981 g/mol. The lowest BCUT2D eigenvalue weighted by Crippen LogP contribution is -2.26. The van der Waals surface area contributed by atoms with Crippen LogP contribution in [0.2, 0.25) is 5.02 Å². The van der Waals surface area contributed by atoms with E-state index < -0.39 is 16.0 Å². The van der Waals surface area contributed by atoms with Crippen LogP contribution in [0.15, 0.2) is 162 Å². The summed E-state index contributed by atoms with van der Waals surface area (Å²) in [5.41, 5.74) is 7.35. The molecule has 0 N–H and O–H groups in total. The van der Waals surface area contributed by atoms with E-state index in [2.05, 4.69) is 22.7 Å². The van der Waals surface area contributed by atoms with Crippen LogP contribution in [0.3, 0.4) is 0 Å². The summed E-state index contributed by atoms with van der Waals surface area (Å²) < 4.78 is 59.0. The number of sulfonamides is 1. The largest absolute Gasteiger partial charge is 0.493 e. The number of carbonyl (C=O) groups is 1. The Balaban J connectivity index is 0.876. The van der Waals surface area contributed by atoms with Gasteiger partial charge in [-0.3, -0.25) is 0 Å². The molecule has 0 aliphatic heterocycles. The van der Waals surface area contributed by atoms with Crippen molar-refractivity contribution in [2.45, 2.75) is 51.2 Å². The average Bonchev–Trinajstić information content (AvgIpc) is 3.79. The van der Waals surface area contributed by atoms with Crippen molar-refractivity contribution >= 4 is 71.3 Å². The molecule has 8 aromatic rings. The second-order valence-electron chi connectivity index (χ2n) is 16.2. The van der Waals surface area contributed by atoms with Crippen molar-refractivity contribution in [3.63, 3.8) is 0 Å². The number of hydrogen-bond donors (Lipinski definition) is 0. The fraction of sp³-hybridized carbons (Fsp3) is 0.182. The Hall–Kier alpha value is -7.19. The van der Waals surface area contributed by atoms with Gasteiger partial charge >= 0.3 is 5.97 Å². The van der Waals surface area contributed by atoms with Gasteiger partial charge < -0.3 is 23.7 Å². The van der Waals surface area contributed by atoms with Gasteiger partial charge in [0.05, 0.1) is 46.7 Å². The molecule has 0 aliphatic rings. The Labute approximate surface area is 411 Å². The van der Waals surface area contributed by atoms with Crippen LogP contribution >= 0.6 is 22.9 Å². The lowest BCUT2D eigenvalue weighted by molar-refractivity contribution is -0.137. The Morgan fingerprint density at radius 2 is 1.45 bits per heavy atom. The van der Waals surface area contributed by atoms with E-state index in [0.717, 1.165) is 70.7 Å². The van der Waals surface area contributed by atoms with Gasteiger partial charge in [-0.2, -0.15) is 13.5 Å². The number of anilines is 1. The Morgan fingerprint density at radius 1 is 0.739 bits per heavy atom. The molecule has 1 heterocycles. The molecule has 0 saturated carbocycles. The van der Waals surface area contributed by atoms with E-state index in [1.807, 2.05) is 123 Å². The first kappa shape index (κ1) is 48.3. The number of halogens is 1. The standard InChI is InChI=1S/C55H50ClN3O8S2/c1-5-54(60)65-28-8-27-64-46-22-21-43-30-40(15-20-44(43)33-46)35-67-51-26-17-41(32-52(51)63-4)36-66-50-25-16-39(31-48(50)56)14-19-42-18-11-38(3)29-45(42)34-57-59(55-58-49-9-6-7-10-53(49)68-55)69(61,62)47-23-12-37(2)13-24-47/h5-7,9-13,15-18,20-26,29-34H,1,8,14,19,27-28,35-36H2,2-4H3/b57-34+. The Kier molecular flexibility index (Phi) is 15.6. The molecule has 7 aromatic carbocycles. The summed E-state index contributed by atoms with van der Waals surface area (Å²) in [6.45, 7) is 8.60. The smallest absolute Gasteiger partial charge is 0.330 e. The van der Waals surface area contributed by atoms with Crippen LogP contribution in [0.25, 0.3) is 21.0 Å². The first-order valence-corrected chi connectivity index (χ1v) is 24.9. The summed E-state index contributed by atoms with van der Waals surface area (Å²) in [7, 11) is -2.49. The maximum absolute atomic E-state index is 14.1. The lowest BCUT2D eigenvalue weighted by Gasteiger charge is -2.17. The Bertz CT molecular complexity index is 3230. The number of para-hydroxylation sites is 1. The van der Waals surface area contributed by atoms with Crippen LogP contribution in [0, 0.1) is 13.8 Å². The third kappa shape index (κ3) is 12.3. The van der Waals surface area contributed by atoms with Gasteiger partial charge in [-0.15, -0.1) is 4.41 Å². The molecule has 352 valence electrons.